The zero-order valence-corrected chi connectivity index (χ0v) is 16.3. The molecule has 7 nitrogen and oxygen atoms in total. The van der Waals surface area contributed by atoms with Gasteiger partial charge in [-0.05, 0) is 31.2 Å². The standard InChI is InChI=1S/C20H30N6O/c1-14-9-11-26(20(27)24-15-6-4-3-5-7-15)12-17(14)25(2)19-16-8-10-21-18(16)22-13-23-19/h8,10,13-15,17H,3-7,9,11-12H2,1-2H3,(H,24,27)(H,21,22,23). The lowest BCUT2D eigenvalue weighted by atomic mass is 9.92. The SMILES string of the molecule is CC1CCN(C(=O)NC2CCCCC2)CC1N(C)c1ncnc2[nH]ccc12. The van der Waals surface area contributed by atoms with Crippen LogP contribution in [0.4, 0.5) is 10.6 Å². The monoisotopic (exact) mass is 370 g/mol. The smallest absolute Gasteiger partial charge is 0.317 e. The van der Waals surface area contributed by atoms with Gasteiger partial charge in [0.2, 0.25) is 0 Å². The molecule has 2 fully saturated rings. The van der Waals surface area contributed by atoms with Gasteiger partial charge in [0.15, 0.2) is 0 Å². The van der Waals surface area contributed by atoms with Crippen LogP contribution >= 0.6 is 0 Å². The van der Waals surface area contributed by atoms with E-state index < -0.39 is 0 Å². The second-order valence-corrected chi connectivity index (χ2v) is 8.11. The number of urea groups is 1. The van der Waals surface area contributed by atoms with Gasteiger partial charge in [0.25, 0.3) is 0 Å². The van der Waals surface area contributed by atoms with Crippen molar-refractivity contribution in [2.45, 2.75) is 57.5 Å². The Bertz CT molecular complexity index is 784. The van der Waals surface area contributed by atoms with E-state index in [4.69, 9.17) is 0 Å². The summed E-state index contributed by atoms with van der Waals surface area (Å²) < 4.78 is 0. The summed E-state index contributed by atoms with van der Waals surface area (Å²) in [5, 5.41) is 4.29. The number of rotatable bonds is 3. The van der Waals surface area contributed by atoms with Crippen LogP contribution < -0.4 is 10.2 Å². The molecule has 2 aromatic rings. The third-order valence-electron chi connectivity index (χ3n) is 6.30. The highest BCUT2D eigenvalue weighted by Gasteiger charge is 2.33. The Morgan fingerprint density at radius 3 is 2.89 bits per heavy atom. The van der Waals surface area contributed by atoms with E-state index in [0.29, 0.717) is 12.0 Å². The van der Waals surface area contributed by atoms with Crippen molar-refractivity contribution < 1.29 is 4.79 Å². The molecular weight excluding hydrogens is 340 g/mol. The van der Waals surface area contributed by atoms with Crippen molar-refractivity contribution in [2.24, 2.45) is 5.92 Å². The number of hydrogen-bond donors (Lipinski definition) is 2. The van der Waals surface area contributed by atoms with E-state index in [-0.39, 0.29) is 12.1 Å². The number of amides is 2. The highest BCUT2D eigenvalue weighted by molar-refractivity contribution is 5.87. The van der Waals surface area contributed by atoms with Crippen molar-refractivity contribution in [2.75, 3.05) is 25.0 Å². The van der Waals surface area contributed by atoms with Crippen molar-refractivity contribution in [1.82, 2.24) is 25.2 Å². The molecule has 3 heterocycles. The summed E-state index contributed by atoms with van der Waals surface area (Å²) in [5.74, 6) is 1.42. The van der Waals surface area contributed by atoms with Gasteiger partial charge in [-0.1, -0.05) is 26.2 Å². The van der Waals surface area contributed by atoms with Gasteiger partial charge < -0.3 is 20.1 Å². The van der Waals surface area contributed by atoms with Crippen molar-refractivity contribution in [3.8, 4) is 0 Å². The molecule has 0 aromatic carbocycles. The molecule has 1 aliphatic heterocycles. The Morgan fingerprint density at radius 2 is 2.07 bits per heavy atom. The summed E-state index contributed by atoms with van der Waals surface area (Å²) in [6, 6.07) is 2.70. The predicted molar refractivity (Wildman–Crippen MR) is 107 cm³/mol. The van der Waals surface area contributed by atoms with Crippen molar-refractivity contribution in [3.63, 3.8) is 0 Å². The Morgan fingerprint density at radius 1 is 1.26 bits per heavy atom. The maximum absolute atomic E-state index is 12.8. The highest BCUT2D eigenvalue weighted by Crippen LogP contribution is 2.28. The molecule has 1 aliphatic carbocycles. The number of anilines is 1. The average Bonchev–Trinajstić information content (AvgIpc) is 3.17. The van der Waals surface area contributed by atoms with Crippen LogP contribution in [0.15, 0.2) is 18.6 Å². The van der Waals surface area contributed by atoms with Crippen molar-refractivity contribution in [1.29, 1.82) is 0 Å². The first-order chi connectivity index (χ1) is 13.1. The number of nitrogens with one attached hydrogen (secondary N) is 2. The Hall–Kier alpha value is -2.31. The Kier molecular flexibility index (Phi) is 5.18. The quantitative estimate of drug-likeness (QED) is 0.870. The summed E-state index contributed by atoms with van der Waals surface area (Å²) in [5.41, 5.74) is 0.849. The molecule has 0 spiro atoms. The number of likely N-dealkylation sites (N-methyl/N-ethyl adjacent to an activating group) is 1. The lowest BCUT2D eigenvalue weighted by Crippen LogP contribution is -2.56. The molecule has 2 atom stereocenters. The maximum Gasteiger partial charge on any atom is 0.317 e. The van der Waals surface area contributed by atoms with E-state index in [1.807, 2.05) is 17.2 Å². The van der Waals surface area contributed by atoms with Crippen LogP contribution in [-0.2, 0) is 0 Å². The minimum Gasteiger partial charge on any atom is -0.354 e. The number of piperidine rings is 1. The molecule has 2 N–H and O–H groups in total. The summed E-state index contributed by atoms with van der Waals surface area (Å²) in [4.78, 5) is 29.0. The molecule has 7 heteroatoms. The first-order valence-corrected chi connectivity index (χ1v) is 10.2. The first-order valence-electron chi connectivity index (χ1n) is 10.2. The number of nitrogens with zero attached hydrogens (tertiary/aromatic N) is 4. The zero-order chi connectivity index (χ0) is 18.8. The van der Waals surface area contributed by atoms with Gasteiger partial charge in [-0.15, -0.1) is 0 Å². The topological polar surface area (TPSA) is 77.2 Å². The van der Waals surface area contributed by atoms with Gasteiger partial charge in [-0.2, -0.15) is 0 Å². The Balaban J connectivity index is 1.47. The normalized spacial score (nSPS) is 24.1. The summed E-state index contributed by atoms with van der Waals surface area (Å²) in [7, 11) is 2.08. The second kappa shape index (κ2) is 7.74. The minimum atomic E-state index is 0.0988. The minimum absolute atomic E-state index is 0.0988. The van der Waals surface area contributed by atoms with Crippen LogP contribution in [0.25, 0.3) is 11.0 Å². The fraction of sp³-hybridized carbons (Fsp3) is 0.650. The summed E-state index contributed by atoms with van der Waals surface area (Å²) in [6.07, 6.45) is 10.5. The number of fused-ring (bicyclic) bond motifs is 1. The molecular formula is C20H30N6O. The lowest BCUT2D eigenvalue weighted by molar-refractivity contribution is 0.155. The van der Waals surface area contributed by atoms with E-state index in [2.05, 4.69) is 39.1 Å². The van der Waals surface area contributed by atoms with E-state index in [0.717, 1.165) is 49.2 Å². The van der Waals surface area contributed by atoms with Crippen LogP contribution in [0.5, 0.6) is 0 Å². The third kappa shape index (κ3) is 3.73. The highest BCUT2D eigenvalue weighted by atomic mass is 16.2. The fourth-order valence-corrected chi connectivity index (χ4v) is 4.55. The number of carbonyl (C=O) groups is 1. The molecule has 0 bridgehead atoms. The van der Waals surface area contributed by atoms with E-state index in [9.17, 15) is 4.79 Å². The van der Waals surface area contributed by atoms with Gasteiger partial charge in [-0.25, -0.2) is 14.8 Å². The molecule has 1 saturated carbocycles. The first kappa shape index (κ1) is 18.1. The predicted octanol–water partition coefficient (Wildman–Crippen LogP) is 3.15. The second-order valence-electron chi connectivity index (χ2n) is 8.11. The van der Waals surface area contributed by atoms with E-state index in [1.54, 1.807) is 6.33 Å². The van der Waals surface area contributed by atoms with Crippen LogP contribution in [-0.4, -0.2) is 58.1 Å². The molecule has 146 valence electrons. The molecule has 2 amide bonds. The fourth-order valence-electron chi connectivity index (χ4n) is 4.55. The van der Waals surface area contributed by atoms with E-state index >= 15 is 0 Å². The Labute approximate surface area is 160 Å². The van der Waals surface area contributed by atoms with Gasteiger partial charge in [0.1, 0.15) is 17.8 Å². The zero-order valence-electron chi connectivity index (χ0n) is 16.3. The van der Waals surface area contributed by atoms with E-state index in [1.165, 1.54) is 19.3 Å². The van der Waals surface area contributed by atoms with Gasteiger partial charge in [-0.3, -0.25) is 0 Å². The number of aromatic nitrogens is 3. The molecule has 2 aliphatic rings. The van der Waals surface area contributed by atoms with Crippen LogP contribution in [0, 0.1) is 5.92 Å². The molecule has 27 heavy (non-hydrogen) atoms. The number of hydrogen-bond acceptors (Lipinski definition) is 4. The lowest BCUT2D eigenvalue weighted by Gasteiger charge is -2.42. The number of carbonyl (C=O) groups excluding carboxylic acids is 1. The largest absolute Gasteiger partial charge is 0.354 e. The summed E-state index contributed by atoms with van der Waals surface area (Å²) in [6.45, 7) is 3.83. The van der Waals surface area contributed by atoms with Gasteiger partial charge >= 0.3 is 6.03 Å². The van der Waals surface area contributed by atoms with Crippen molar-refractivity contribution >= 4 is 22.9 Å². The van der Waals surface area contributed by atoms with Gasteiger partial charge in [0.05, 0.1) is 11.4 Å². The number of aromatic amines is 1. The van der Waals surface area contributed by atoms with Crippen LogP contribution in [0.1, 0.15) is 45.4 Å². The summed E-state index contributed by atoms with van der Waals surface area (Å²) >= 11 is 0. The number of likely N-dealkylation sites (tertiary alicyclic amines) is 1. The molecule has 2 aromatic heterocycles. The maximum atomic E-state index is 12.8. The van der Waals surface area contributed by atoms with Crippen molar-refractivity contribution in [3.05, 3.63) is 18.6 Å². The molecule has 4 rings (SSSR count). The molecule has 0 radical (unpaired) electrons. The number of H-pyrrole nitrogens is 1. The molecule has 1 saturated heterocycles. The third-order valence-corrected chi connectivity index (χ3v) is 6.30. The van der Waals surface area contributed by atoms with Crippen LogP contribution in [0.3, 0.4) is 0 Å². The average molecular weight is 371 g/mol. The van der Waals surface area contributed by atoms with Crippen LogP contribution in [0.2, 0.25) is 0 Å². The molecule has 2 unspecified atom stereocenters. The van der Waals surface area contributed by atoms with Gasteiger partial charge in [0, 0.05) is 32.4 Å².